The van der Waals surface area contributed by atoms with Gasteiger partial charge in [0.25, 0.3) is 5.91 Å². The van der Waals surface area contributed by atoms with Crippen molar-refractivity contribution in [1.82, 2.24) is 5.43 Å². The van der Waals surface area contributed by atoms with Crippen LogP contribution in [-0.2, 0) is 0 Å². The van der Waals surface area contributed by atoms with Crippen LogP contribution in [0.4, 0.5) is 0 Å². The van der Waals surface area contributed by atoms with Gasteiger partial charge in [-0.2, -0.15) is 5.10 Å². The molecule has 23 heavy (non-hydrogen) atoms. The lowest BCUT2D eigenvalue weighted by Gasteiger charge is -2.19. The molecule has 1 aliphatic rings. The summed E-state index contributed by atoms with van der Waals surface area (Å²) in [6, 6.07) is 10.0. The summed E-state index contributed by atoms with van der Waals surface area (Å²) in [5.41, 5.74) is 3.54. The molecule has 0 saturated carbocycles. The number of hydrogen-bond acceptors (Lipinski definition) is 4. The Kier molecular flexibility index (Phi) is 4.69. The number of hydrogen-bond donors (Lipinski definition) is 1. The molecular formula is C16H12Cl2N2O3. The van der Waals surface area contributed by atoms with Crippen molar-refractivity contribution < 1.29 is 14.3 Å². The Morgan fingerprint density at radius 3 is 2.83 bits per heavy atom. The van der Waals surface area contributed by atoms with Gasteiger partial charge in [-0.05, 0) is 35.9 Å². The molecule has 1 N–H and O–H groups in total. The summed E-state index contributed by atoms with van der Waals surface area (Å²) in [4.78, 5) is 11.9. The van der Waals surface area contributed by atoms with E-state index < -0.39 is 0 Å². The predicted molar refractivity (Wildman–Crippen MR) is 89.0 cm³/mol. The zero-order chi connectivity index (χ0) is 16.2. The number of carbonyl (C=O) groups excluding carboxylic acids is 1. The lowest BCUT2D eigenvalue weighted by Crippen LogP contribution is -2.17. The highest BCUT2D eigenvalue weighted by atomic mass is 35.5. The zero-order valence-corrected chi connectivity index (χ0v) is 13.4. The van der Waals surface area contributed by atoms with Gasteiger partial charge in [0, 0.05) is 10.6 Å². The number of fused-ring (bicyclic) bond motifs is 1. The molecule has 0 spiro atoms. The van der Waals surface area contributed by atoms with E-state index in [-0.39, 0.29) is 5.91 Å². The quantitative estimate of drug-likeness (QED) is 0.680. The van der Waals surface area contributed by atoms with Crippen molar-refractivity contribution in [3.05, 3.63) is 57.6 Å². The minimum atomic E-state index is -0.354. The molecule has 0 fully saturated rings. The van der Waals surface area contributed by atoms with Crippen LogP contribution in [0.2, 0.25) is 10.0 Å². The minimum Gasteiger partial charge on any atom is -0.486 e. The fourth-order valence-corrected chi connectivity index (χ4v) is 2.53. The predicted octanol–water partition coefficient (Wildman–Crippen LogP) is 3.53. The van der Waals surface area contributed by atoms with Gasteiger partial charge in [-0.3, -0.25) is 4.79 Å². The summed E-state index contributed by atoms with van der Waals surface area (Å²) in [5, 5.41) is 4.84. The Morgan fingerprint density at radius 2 is 2.00 bits per heavy atom. The van der Waals surface area contributed by atoms with Gasteiger partial charge in [-0.25, -0.2) is 5.43 Å². The van der Waals surface area contributed by atoms with E-state index in [2.05, 4.69) is 10.5 Å². The van der Waals surface area contributed by atoms with Crippen molar-refractivity contribution in [1.29, 1.82) is 0 Å². The number of hydrazone groups is 1. The van der Waals surface area contributed by atoms with Crippen LogP contribution in [0, 0.1) is 0 Å². The van der Waals surface area contributed by atoms with Gasteiger partial charge >= 0.3 is 0 Å². The number of carbonyl (C=O) groups is 1. The fraction of sp³-hybridized carbons (Fsp3) is 0.125. The molecule has 0 saturated heterocycles. The Labute approximate surface area is 142 Å². The number of nitrogens with zero attached hydrogens (tertiary/aromatic N) is 1. The summed E-state index contributed by atoms with van der Waals surface area (Å²) in [5.74, 6) is 0.733. The topological polar surface area (TPSA) is 59.9 Å². The SMILES string of the molecule is O=C(N/N=C\c1cc(Cl)c2c(c1)OCCO2)c1cccc(Cl)c1. The van der Waals surface area contributed by atoms with Crippen molar-refractivity contribution in [3.8, 4) is 11.5 Å². The molecule has 0 bridgehead atoms. The third-order valence-electron chi connectivity index (χ3n) is 3.09. The summed E-state index contributed by atoms with van der Waals surface area (Å²) < 4.78 is 10.9. The molecule has 118 valence electrons. The molecule has 0 aromatic heterocycles. The van der Waals surface area contributed by atoms with E-state index in [1.54, 1.807) is 36.4 Å². The van der Waals surface area contributed by atoms with E-state index >= 15 is 0 Å². The van der Waals surface area contributed by atoms with Gasteiger partial charge in [0.2, 0.25) is 0 Å². The number of rotatable bonds is 3. The number of nitrogens with one attached hydrogen (secondary N) is 1. The van der Waals surface area contributed by atoms with Gasteiger partial charge in [-0.1, -0.05) is 29.3 Å². The number of benzene rings is 2. The Balaban J connectivity index is 1.71. The summed E-state index contributed by atoms with van der Waals surface area (Å²) in [7, 11) is 0. The Hall–Kier alpha value is -2.24. The molecule has 3 rings (SSSR count). The maximum atomic E-state index is 11.9. The zero-order valence-electron chi connectivity index (χ0n) is 11.9. The summed E-state index contributed by atoms with van der Waals surface area (Å²) in [6.07, 6.45) is 1.48. The van der Waals surface area contributed by atoms with E-state index in [4.69, 9.17) is 32.7 Å². The normalized spacial score (nSPS) is 13.1. The molecular weight excluding hydrogens is 339 g/mol. The van der Waals surface area contributed by atoms with Crippen LogP contribution in [0.5, 0.6) is 11.5 Å². The van der Waals surface area contributed by atoms with Gasteiger partial charge in [0.05, 0.1) is 11.2 Å². The van der Waals surface area contributed by atoms with Crippen molar-refractivity contribution in [3.63, 3.8) is 0 Å². The van der Waals surface area contributed by atoms with Crippen molar-refractivity contribution >= 4 is 35.3 Å². The van der Waals surface area contributed by atoms with E-state index in [0.717, 1.165) is 0 Å². The first-order valence-corrected chi connectivity index (χ1v) is 7.57. The first-order chi connectivity index (χ1) is 11.1. The van der Waals surface area contributed by atoms with E-state index in [0.29, 0.717) is 45.9 Å². The van der Waals surface area contributed by atoms with Crippen LogP contribution < -0.4 is 14.9 Å². The highest BCUT2D eigenvalue weighted by Crippen LogP contribution is 2.37. The summed E-state index contributed by atoms with van der Waals surface area (Å²) in [6.45, 7) is 0.936. The van der Waals surface area contributed by atoms with Crippen LogP contribution in [0.3, 0.4) is 0 Å². The second-order valence-electron chi connectivity index (χ2n) is 4.74. The average Bonchev–Trinajstić information content (AvgIpc) is 2.55. The summed E-state index contributed by atoms with van der Waals surface area (Å²) >= 11 is 12.0. The smallest absolute Gasteiger partial charge is 0.271 e. The molecule has 0 radical (unpaired) electrons. The van der Waals surface area contributed by atoms with Crippen molar-refractivity contribution in [2.45, 2.75) is 0 Å². The lowest BCUT2D eigenvalue weighted by molar-refractivity contribution is 0.0955. The highest BCUT2D eigenvalue weighted by Gasteiger charge is 2.16. The third kappa shape index (κ3) is 3.75. The maximum Gasteiger partial charge on any atom is 0.271 e. The minimum absolute atomic E-state index is 0.354. The Morgan fingerprint density at radius 1 is 1.17 bits per heavy atom. The molecule has 1 heterocycles. The van der Waals surface area contributed by atoms with E-state index in [1.807, 2.05) is 0 Å². The largest absolute Gasteiger partial charge is 0.486 e. The molecule has 7 heteroatoms. The highest BCUT2D eigenvalue weighted by molar-refractivity contribution is 6.32. The van der Waals surface area contributed by atoms with Crippen LogP contribution in [0.1, 0.15) is 15.9 Å². The van der Waals surface area contributed by atoms with Crippen LogP contribution >= 0.6 is 23.2 Å². The van der Waals surface area contributed by atoms with E-state index in [9.17, 15) is 4.79 Å². The lowest BCUT2D eigenvalue weighted by atomic mass is 10.2. The van der Waals surface area contributed by atoms with Gasteiger partial charge in [0.15, 0.2) is 11.5 Å². The number of amides is 1. The van der Waals surface area contributed by atoms with E-state index in [1.165, 1.54) is 6.21 Å². The molecule has 2 aromatic carbocycles. The molecule has 2 aromatic rings. The maximum absolute atomic E-state index is 11.9. The molecule has 5 nitrogen and oxygen atoms in total. The van der Waals surface area contributed by atoms with Crippen LogP contribution in [0.15, 0.2) is 41.5 Å². The Bertz CT molecular complexity index is 778. The second kappa shape index (κ2) is 6.89. The van der Waals surface area contributed by atoms with Gasteiger partial charge < -0.3 is 9.47 Å². The van der Waals surface area contributed by atoms with Crippen LogP contribution in [0.25, 0.3) is 0 Å². The molecule has 1 amide bonds. The molecule has 1 aliphatic heterocycles. The third-order valence-corrected chi connectivity index (χ3v) is 3.60. The second-order valence-corrected chi connectivity index (χ2v) is 5.58. The molecule has 0 unspecified atom stereocenters. The monoisotopic (exact) mass is 350 g/mol. The van der Waals surface area contributed by atoms with Crippen molar-refractivity contribution in [2.75, 3.05) is 13.2 Å². The first kappa shape index (κ1) is 15.6. The van der Waals surface area contributed by atoms with Gasteiger partial charge in [0.1, 0.15) is 13.2 Å². The number of ether oxygens (including phenoxy) is 2. The average molecular weight is 351 g/mol. The molecule has 0 aliphatic carbocycles. The van der Waals surface area contributed by atoms with Gasteiger partial charge in [-0.15, -0.1) is 0 Å². The standard InChI is InChI=1S/C16H12Cl2N2O3/c17-12-3-1-2-11(8-12)16(21)20-19-9-10-6-13(18)15-14(7-10)22-4-5-23-15/h1-3,6-9H,4-5H2,(H,20,21)/b19-9-. The first-order valence-electron chi connectivity index (χ1n) is 6.81. The van der Waals surface area contributed by atoms with Crippen molar-refractivity contribution in [2.24, 2.45) is 5.10 Å². The fourth-order valence-electron chi connectivity index (χ4n) is 2.07. The molecule has 0 atom stereocenters. The number of halogens is 2. The van der Waals surface area contributed by atoms with Crippen LogP contribution in [-0.4, -0.2) is 25.3 Å².